The lowest BCUT2D eigenvalue weighted by Crippen LogP contribution is -2.57. The number of ether oxygens (including phenoxy) is 1. The lowest BCUT2D eigenvalue weighted by molar-refractivity contribution is -0.384. The summed E-state index contributed by atoms with van der Waals surface area (Å²) in [6.07, 6.45) is 1.75. The molecule has 0 unspecified atom stereocenters. The standard InChI is InChI=1S/C22H24N6O5/c1-2-33-21(30)18-19(15-6-8-16(9-7-15)28(31)32)24-22(25-20(18)29)27-13-11-26(12-14-27)17-5-3-4-10-23-17/h3-10,18-19H,2,11-14H2,1H3,(H,24,25,29)/t18-,19-/m1/s1. The van der Waals surface area contributed by atoms with Gasteiger partial charge in [0.25, 0.3) is 5.69 Å². The average Bonchev–Trinajstić information content (AvgIpc) is 2.84. The summed E-state index contributed by atoms with van der Waals surface area (Å²) < 4.78 is 5.10. The number of aromatic nitrogens is 1. The smallest absolute Gasteiger partial charge is 0.321 e. The maximum absolute atomic E-state index is 13.0. The fourth-order valence-electron chi connectivity index (χ4n) is 3.95. The molecule has 172 valence electrons. The van der Waals surface area contributed by atoms with Gasteiger partial charge in [-0.3, -0.25) is 25.0 Å². The summed E-state index contributed by atoms with van der Waals surface area (Å²) >= 11 is 0. The second-order valence-corrected chi connectivity index (χ2v) is 7.63. The lowest BCUT2D eigenvalue weighted by atomic mass is 9.91. The quantitative estimate of drug-likeness (QED) is 0.313. The molecule has 1 amide bonds. The number of carbonyl (C=O) groups excluding carboxylic acids is 2. The average molecular weight is 452 g/mol. The van der Waals surface area contributed by atoms with Crippen molar-refractivity contribution in [3.63, 3.8) is 0 Å². The predicted molar refractivity (Wildman–Crippen MR) is 120 cm³/mol. The van der Waals surface area contributed by atoms with Gasteiger partial charge >= 0.3 is 5.97 Å². The number of anilines is 1. The Kier molecular flexibility index (Phi) is 6.48. The third-order valence-corrected chi connectivity index (χ3v) is 5.63. The van der Waals surface area contributed by atoms with Crippen LogP contribution in [-0.2, 0) is 14.3 Å². The number of guanidine groups is 1. The normalized spacial score (nSPS) is 20.6. The highest BCUT2D eigenvalue weighted by atomic mass is 16.6. The van der Waals surface area contributed by atoms with E-state index >= 15 is 0 Å². The van der Waals surface area contributed by atoms with E-state index in [2.05, 4.69) is 20.2 Å². The van der Waals surface area contributed by atoms with Gasteiger partial charge in [-0.15, -0.1) is 0 Å². The molecule has 2 aliphatic heterocycles. The number of nitro benzene ring substituents is 1. The number of hydrogen-bond acceptors (Lipinski definition) is 9. The van der Waals surface area contributed by atoms with Crippen molar-refractivity contribution in [3.05, 3.63) is 64.3 Å². The number of nitrogens with zero attached hydrogens (tertiary/aromatic N) is 5. The zero-order valence-electron chi connectivity index (χ0n) is 18.1. The van der Waals surface area contributed by atoms with E-state index in [1.807, 2.05) is 23.1 Å². The van der Waals surface area contributed by atoms with Crippen LogP contribution in [0.1, 0.15) is 18.5 Å². The number of aliphatic imine (C=N–C) groups is 1. The lowest BCUT2D eigenvalue weighted by Gasteiger charge is -2.39. The van der Waals surface area contributed by atoms with Crippen LogP contribution < -0.4 is 10.2 Å². The summed E-state index contributed by atoms with van der Waals surface area (Å²) in [7, 11) is 0. The van der Waals surface area contributed by atoms with Crippen LogP contribution in [0.3, 0.4) is 0 Å². The van der Waals surface area contributed by atoms with E-state index in [0.717, 1.165) is 5.82 Å². The molecule has 1 aromatic heterocycles. The molecule has 11 heteroatoms. The number of non-ortho nitro benzene ring substituents is 1. The zero-order valence-corrected chi connectivity index (χ0v) is 18.1. The van der Waals surface area contributed by atoms with Gasteiger partial charge in [-0.25, -0.2) is 9.98 Å². The Hall–Kier alpha value is -4.02. The highest BCUT2D eigenvalue weighted by Crippen LogP contribution is 2.32. The molecule has 11 nitrogen and oxygen atoms in total. The van der Waals surface area contributed by atoms with Gasteiger partial charge in [-0.1, -0.05) is 18.2 Å². The van der Waals surface area contributed by atoms with Crippen molar-refractivity contribution in [2.24, 2.45) is 10.9 Å². The molecule has 2 atom stereocenters. The molecule has 2 aromatic rings. The van der Waals surface area contributed by atoms with Crippen molar-refractivity contribution in [3.8, 4) is 0 Å². The summed E-state index contributed by atoms with van der Waals surface area (Å²) in [5.74, 6) is -1.09. The summed E-state index contributed by atoms with van der Waals surface area (Å²) in [4.78, 5) is 49.2. The van der Waals surface area contributed by atoms with Crippen LogP contribution in [0.2, 0.25) is 0 Å². The second kappa shape index (κ2) is 9.63. The number of piperazine rings is 1. The summed E-state index contributed by atoms with van der Waals surface area (Å²) in [6.45, 7) is 4.38. The third-order valence-electron chi connectivity index (χ3n) is 5.63. The number of esters is 1. The molecule has 0 saturated carbocycles. The van der Waals surface area contributed by atoms with Gasteiger partial charge < -0.3 is 14.5 Å². The Balaban J connectivity index is 1.58. The molecule has 1 saturated heterocycles. The van der Waals surface area contributed by atoms with Crippen molar-refractivity contribution in [2.75, 3.05) is 37.7 Å². The Morgan fingerprint density at radius 3 is 2.45 bits per heavy atom. The summed E-state index contributed by atoms with van der Waals surface area (Å²) in [5, 5.41) is 13.8. The van der Waals surface area contributed by atoms with Crippen molar-refractivity contribution in [1.29, 1.82) is 0 Å². The first-order valence-corrected chi connectivity index (χ1v) is 10.7. The number of carbonyl (C=O) groups is 2. The molecule has 1 fully saturated rings. The van der Waals surface area contributed by atoms with Crippen LogP contribution in [0.25, 0.3) is 0 Å². The molecular weight excluding hydrogens is 428 g/mol. The minimum atomic E-state index is -1.18. The minimum Gasteiger partial charge on any atom is -0.465 e. The summed E-state index contributed by atoms with van der Waals surface area (Å²) in [5.41, 5.74) is 0.444. The largest absolute Gasteiger partial charge is 0.465 e. The Labute approximate surface area is 190 Å². The van der Waals surface area contributed by atoms with Gasteiger partial charge in [0, 0.05) is 44.5 Å². The van der Waals surface area contributed by atoms with Crippen molar-refractivity contribution < 1.29 is 19.2 Å². The highest BCUT2D eigenvalue weighted by Gasteiger charge is 2.42. The van der Waals surface area contributed by atoms with E-state index < -0.39 is 28.8 Å². The molecule has 1 aromatic carbocycles. The van der Waals surface area contributed by atoms with Crippen LogP contribution in [-0.4, -0.2) is 65.4 Å². The van der Waals surface area contributed by atoms with Crippen LogP contribution in [0, 0.1) is 16.0 Å². The van der Waals surface area contributed by atoms with Gasteiger partial charge in [0.05, 0.1) is 11.5 Å². The zero-order chi connectivity index (χ0) is 23.4. The van der Waals surface area contributed by atoms with Crippen molar-refractivity contribution in [2.45, 2.75) is 13.0 Å². The third kappa shape index (κ3) is 4.76. The molecule has 2 aliphatic rings. The van der Waals surface area contributed by atoms with Crippen LogP contribution in [0.4, 0.5) is 11.5 Å². The fraction of sp³-hybridized carbons (Fsp3) is 0.364. The Morgan fingerprint density at radius 2 is 1.85 bits per heavy atom. The molecule has 0 bridgehead atoms. The van der Waals surface area contributed by atoms with E-state index in [0.29, 0.717) is 37.7 Å². The van der Waals surface area contributed by atoms with Crippen molar-refractivity contribution >= 4 is 29.3 Å². The molecule has 4 rings (SSSR count). The molecule has 33 heavy (non-hydrogen) atoms. The van der Waals surface area contributed by atoms with Gasteiger partial charge in [0.1, 0.15) is 11.9 Å². The topological polar surface area (TPSA) is 130 Å². The maximum Gasteiger partial charge on any atom is 0.321 e. The van der Waals surface area contributed by atoms with E-state index in [1.54, 1.807) is 13.1 Å². The Morgan fingerprint density at radius 1 is 1.15 bits per heavy atom. The maximum atomic E-state index is 13.0. The first-order valence-electron chi connectivity index (χ1n) is 10.7. The highest BCUT2D eigenvalue weighted by molar-refractivity contribution is 6.08. The molecular formula is C22H24N6O5. The molecule has 0 aliphatic carbocycles. The molecule has 0 spiro atoms. The number of hydrogen-bond donors (Lipinski definition) is 1. The van der Waals surface area contributed by atoms with E-state index in [-0.39, 0.29) is 12.3 Å². The van der Waals surface area contributed by atoms with Gasteiger partial charge in [0.2, 0.25) is 11.9 Å². The summed E-state index contributed by atoms with van der Waals surface area (Å²) in [6, 6.07) is 10.6. The van der Waals surface area contributed by atoms with E-state index in [1.165, 1.54) is 24.3 Å². The fourth-order valence-corrected chi connectivity index (χ4v) is 3.95. The van der Waals surface area contributed by atoms with Crippen LogP contribution >= 0.6 is 0 Å². The number of pyridine rings is 1. The van der Waals surface area contributed by atoms with Gasteiger partial charge in [0.15, 0.2) is 5.92 Å². The molecule has 1 N–H and O–H groups in total. The number of nitrogens with one attached hydrogen (secondary N) is 1. The van der Waals surface area contributed by atoms with Crippen LogP contribution in [0.15, 0.2) is 53.7 Å². The molecule has 0 radical (unpaired) electrons. The number of benzene rings is 1. The van der Waals surface area contributed by atoms with E-state index in [4.69, 9.17) is 4.74 Å². The number of rotatable bonds is 5. The monoisotopic (exact) mass is 452 g/mol. The van der Waals surface area contributed by atoms with Crippen LogP contribution in [0.5, 0.6) is 0 Å². The predicted octanol–water partition coefficient (Wildman–Crippen LogP) is 1.52. The second-order valence-electron chi connectivity index (χ2n) is 7.63. The number of amides is 1. The van der Waals surface area contributed by atoms with Gasteiger partial charge in [-0.2, -0.15) is 0 Å². The van der Waals surface area contributed by atoms with Crippen molar-refractivity contribution in [1.82, 2.24) is 15.2 Å². The first-order chi connectivity index (χ1) is 16.0. The minimum absolute atomic E-state index is 0.0819. The Bertz CT molecular complexity index is 1050. The first kappa shape index (κ1) is 22.2. The SMILES string of the molecule is CCOC(=O)[C@H]1C(=O)NC(N2CCN(c3ccccn3)CC2)=N[C@@H]1c1ccc([N+](=O)[O-])cc1. The van der Waals surface area contributed by atoms with E-state index in [9.17, 15) is 19.7 Å². The number of nitro groups is 1. The van der Waals surface area contributed by atoms with Gasteiger partial charge in [-0.05, 0) is 24.6 Å². The molecule has 3 heterocycles.